The summed E-state index contributed by atoms with van der Waals surface area (Å²) in [7, 11) is 0. The van der Waals surface area contributed by atoms with Gasteiger partial charge in [0.15, 0.2) is 0 Å². The van der Waals surface area contributed by atoms with Crippen LogP contribution in [0, 0.1) is 45.6 Å². The van der Waals surface area contributed by atoms with Gasteiger partial charge in [0.25, 0.3) is 5.69 Å². The standard InChI is InChI=1S/C18H17NO4/c20-18(9-3-5-12(6-4-9)19(21)22)23-17-14-8-13(14)15-10-1-2-11(7-10)16(15)17/h1-6,10-11,13-17H,7-8H2/t10-,11+,13-,14+,15+,16+,17+/m0/s1. The monoisotopic (exact) mass is 311 g/mol. The van der Waals surface area contributed by atoms with Gasteiger partial charge in [-0.25, -0.2) is 4.79 Å². The van der Waals surface area contributed by atoms with Gasteiger partial charge < -0.3 is 4.74 Å². The summed E-state index contributed by atoms with van der Waals surface area (Å²) in [6.45, 7) is 0. The lowest BCUT2D eigenvalue weighted by molar-refractivity contribution is -0.384. The van der Waals surface area contributed by atoms with Gasteiger partial charge in [0.2, 0.25) is 0 Å². The summed E-state index contributed by atoms with van der Waals surface area (Å²) in [5.74, 6) is 3.42. The van der Waals surface area contributed by atoms with Crippen LogP contribution in [0.2, 0.25) is 0 Å². The second-order valence-electron chi connectivity index (χ2n) is 7.34. The van der Waals surface area contributed by atoms with Crippen LogP contribution in [0.4, 0.5) is 5.69 Å². The van der Waals surface area contributed by atoms with Gasteiger partial charge in [-0.3, -0.25) is 10.1 Å². The number of nitrogens with zero attached hydrogens (tertiary/aromatic N) is 1. The minimum absolute atomic E-state index is 0.0111. The number of benzene rings is 1. The molecule has 0 aromatic heterocycles. The molecule has 1 aromatic carbocycles. The number of carbonyl (C=O) groups is 1. The predicted molar refractivity (Wildman–Crippen MR) is 81.6 cm³/mol. The maximum absolute atomic E-state index is 12.4. The van der Waals surface area contributed by atoms with Crippen molar-refractivity contribution in [3.8, 4) is 0 Å². The Morgan fingerprint density at radius 3 is 2.43 bits per heavy atom. The van der Waals surface area contributed by atoms with Gasteiger partial charge in [0.05, 0.1) is 10.5 Å². The number of carbonyl (C=O) groups excluding carboxylic acids is 1. The van der Waals surface area contributed by atoms with Crippen molar-refractivity contribution in [2.24, 2.45) is 35.5 Å². The van der Waals surface area contributed by atoms with Crippen LogP contribution in [0.25, 0.3) is 0 Å². The molecular formula is C18H17NO4. The maximum atomic E-state index is 12.4. The van der Waals surface area contributed by atoms with Gasteiger partial charge in [-0.1, -0.05) is 12.2 Å². The van der Waals surface area contributed by atoms with Gasteiger partial charge in [0.1, 0.15) is 6.10 Å². The smallest absolute Gasteiger partial charge is 0.338 e. The van der Waals surface area contributed by atoms with Crippen LogP contribution in [0.3, 0.4) is 0 Å². The molecule has 5 nitrogen and oxygen atoms in total. The summed E-state index contributed by atoms with van der Waals surface area (Å²) in [4.78, 5) is 22.7. The number of hydrogen-bond acceptors (Lipinski definition) is 4. The van der Waals surface area contributed by atoms with Crippen LogP contribution in [-0.2, 0) is 4.74 Å². The fraction of sp³-hybridized carbons (Fsp3) is 0.500. The summed E-state index contributed by atoms with van der Waals surface area (Å²) in [6, 6.07) is 5.68. The zero-order chi connectivity index (χ0) is 15.7. The molecule has 0 heterocycles. The van der Waals surface area contributed by atoms with E-state index in [1.807, 2.05) is 0 Å². The zero-order valence-electron chi connectivity index (χ0n) is 12.5. The average molecular weight is 311 g/mol. The van der Waals surface area contributed by atoms with Crippen LogP contribution in [0.5, 0.6) is 0 Å². The van der Waals surface area contributed by atoms with E-state index in [0.717, 1.165) is 5.92 Å². The molecule has 2 bridgehead atoms. The Kier molecular flexibility index (Phi) is 2.56. The number of ether oxygens (including phenoxy) is 1. The molecule has 0 unspecified atom stereocenters. The van der Waals surface area contributed by atoms with E-state index in [0.29, 0.717) is 35.2 Å². The van der Waals surface area contributed by atoms with E-state index in [4.69, 9.17) is 4.74 Å². The maximum Gasteiger partial charge on any atom is 0.338 e. The van der Waals surface area contributed by atoms with E-state index in [1.54, 1.807) is 0 Å². The minimum Gasteiger partial charge on any atom is -0.458 e. The summed E-state index contributed by atoms with van der Waals surface area (Å²) in [5.41, 5.74) is 0.387. The van der Waals surface area contributed by atoms with Gasteiger partial charge >= 0.3 is 5.97 Å². The minimum atomic E-state index is -0.465. The molecule has 3 fully saturated rings. The summed E-state index contributed by atoms with van der Waals surface area (Å²) in [6.07, 6.45) is 7.12. The van der Waals surface area contributed by atoms with Crippen LogP contribution in [0.1, 0.15) is 23.2 Å². The molecule has 0 radical (unpaired) electrons. The molecule has 118 valence electrons. The second-order valence-corrected chi connectivity index (χ2v) is 7.34. The Morgan fingerprint density at radius 1 is 1.04 bits per heavy atom. The van der Waals surface area contributed by atoms with Gasteiger partial charge in [-0.05, 0) is 54.6 Å². The molecule has 4 aliphatic carbocycles. The van der Waals surface area contributed by atoms with Crippen molar-refractivity contribution in [1.29, 1.82) is 0 Å². The number of fused-ring (bicyclic) bond motifs is 7. The molecule has 0 saturated heterocycles. The first-order valence-corrected chi connectivity index (χ1v) is 8.27. The Balaban J connectivity index is 1.35. The van der Waals surface area contributed by atoms with Crippen LogP contribution in [0.15, 0.2) is 36.4 Å². The topological polar surface area (TPSA) is 69.4 Å². The number of nitro groups is 1. The molecule has 4 aliphatic rings. The van der Waals surface area contributed by atoms with E-state index in [-0.39, 0.29) is 17.8 Å². The summed E-state index contributed by atoms with van der Waals surface area (Å²) < 4.78 is 5.88. The molecule has 5 heteroatoms. The number of rotatable bonds is 3. The number of allylic oxidation sites excluding steroid dienone is 2. The number of esters is 1. The Hall–Kier alpha value is -2.17. The lowest BCUT2D eigenvalue weighted by Gasteiger charge is -2.29. The third-order valence-electron chi connectivity index (χ3n) is 6.33. The van der Waals surface area contributed by atoms with Gasteiger partial charge in [-0.2, -0.15) is 0 Å². The summed E-state index contributed by atoms with van der Waals surface area (Å²) in [5, 5.41) is 10.7. The normalized spacial score (nSPS) is 41.5. The van der Waals surface area contributed by atoms with E-state index in [2.05, 4.69) is 12.2 Å². The molecule has 23 heavy (non-hydrogen) atoms. The van der Waals surface area contributed by atoms with Crippen molar-refractivity contribution in [3.05, 3.63) is 52.1 Å². The van der Waals surface area contributed by atoms with Gasteiger partial charge in [0, 0.05) is 18.1 Å². The lowest BCUT2D eigenvalue weighted by Crippen LogP contribution is -2.31. The Bertz CT molecular complexity index is 725. The third-order valence-corrected chi connectivity index (χ3v) is 6.33. The number of nitro benzene ring substituents is 1. The molecule has 5 rings (SSSR count). The molecule has 0 amide bonds. The Morgan fingerprint density at radius 2 is 1.74 bits per heavy atom. The molecule has 1 aromatic rings. The number of non-ortho nitro benzene ring substituents is 1. The average Bonchev–Trinajstić information content (AvgIpc) is 2.92. The lowest BCUT2D eigenvalue weighted by atomic mass is 9.81. The van der Waals surface area contributed by atoms with E-state index < -0.39 is 4.92 Å². The first-order chi connectivity index (χ1) is 11.1. The molecule has 0 N–H and O–H groups in total. The predicted octanol–water partition coefficient (Wildman–Crippen LogP) is 3.21. The highest BCUT2D eigenvalue weighted by atomic mass is 16.6. The highest BCUT2D eigenvalue weighted by Crippen LogP contribution is 2.69. The molecule has 0 aliphatic heterocycles. The fourth-order valence-electron chi connectivity index (χ4n) is 5.38. The molecule has 0 spiro atoms. The van der Waals surface area contributed by atoms with Crippen LogP contribution in [-0.4, -0.2) is 17.0 Å². The Labute approximate surface area is 133 Å². The largest absolute Gasteiger partial charge is 0.458 e. The van der Waals surface area contributed by atoms with Crippen molar-refractivity contribution in [1.82, 2.24) is 0 Å². The molecular weight excluding hydrogens is 294 g/mol. The van der Waals surface area contributed by atoms with Crippen LogP contribution >= 0.6 is 0 Å². The second kappa shape index (κ2) is 4.43. The zero-order valence-corrected chi connectivity index (χ0v) is 12.5. The van der Waals surface area contributed by atoms with Crippen molar-refractivity contribution in [2.45, 2.75) is 18.9 Å². The van der Waals surface area contributed by atoms with E-state index in [1.165, 1.54) is 37.1 Å². The third kappa shape index (κ3) is 1.82. The van der Waals surface area contributed by atoms with E-state index >= 15 is 0 Å². The van der Waals surface area contributed by atoms with Crippen molar-refractivity contribution in [3.63, 3.8) is 0 Å². The highest BCUT2D eigenvalue weighted by molar-refractivity contribution is 5.89. The van der Waals surface area contributed by atoms with Crippen molar-refractivity contribution >= 4 is 11.7 Å². The van der Waals surface area contributed by atoms with Crippen LogP contribution < -0.4 is 0 Å². The van der Waals surface area contributed by atoms with Gasteiger partial charge in [-0.15, -0.1) is 0 Å². The first kappa shape index (κ1) is 13.3. The first-order valence-electron chi connectivity index (χ1n) is 8.27. The molecule has 7 atom stereocenters. The SMILES string of the molecule is O=C(O[C@@H]1[C@@H]2C[C@@H]2[C@@H]2[C@H]1[C@@H]1C=C[C@H]2C1)c1ccc([N+](=O)[O-])cc1. The summed E-state index contributed by atoms with van der Waals surface area (Å²) >= 11 is 0. The van der Waals surface area contributed by atoms with E-state index in [9.17, 15) is 14.9 Å². The highest BCUT2D eigenvalue weighted by Gasteiger charge is 2.67. The van der Waals surface area contributed by atoms with Crippen molar-refractivity contribution in [2.75, 3.05) is 0 Å². The quantitative estimate of drug-likeness (QED) is 0.372. The number of hydrogen-bond donors (Lipinski definition) is 0. The fourth-order valence-corrected chi connectivity index (χ4v) is 5.38. The van der Waals surface area contributed by atoms with Crippen molar-refractivity contribution < 1.29 is 14.5 Å². The molecule has 3 saturated carbocycles.